The van der Waals surface area contributed by atoms with E-state index in [2.05, 4.69) is 22.5 Å². The van der Waals surface area contributed by atoms with Crippen LogP contribution in [-0.4, -0.2) is 11.1 Å². The number of carboxylic acid groups (broad SMARTS) is 1. The standard InChI is InChI=1S/C12H13BrO2/c1-2-3-6-10(12(14)15)9-7-4-5-8-11(9)13/h2,4-5,7-8,10H,1,3,6H2,(H,14,15). The minimum atomic E-state index is -0.788. The topological polar surface area (TPSA) is 37.3 Å². The van der Waals surface area contributed by atoms with Crippen molar-refractivity contribution in [1.82, 2.24) is 0 Å². The van der Waals surface area contributed by atoms with Crippen molar-refractivity contribution in [3.8, 4) is 0 Å². The normalized spacial score (nSPS) is 12.1. The van der Waals surface area contributed by atoms with Gasteiger partial charge in [0.15, 0.2) is 0 Å². The van der Waals surface area contributed by atoms with Crippen molar-refractivity contribution < 1.29 is 9.90 Å². The molecule has 0 bridgehead atoms. The Morgan fingerprint density at radius 1 is 1.53 bits per heavy atom. The minimum absolute atomic E-state index is 0.460. The Hall–Kier alpha value is -1.09. The van der Waals surface area contributed by atoms with Gasteiger partial charge in [0.25, 0.3) is 0 Å². The molecular formula is C12H13BrO2. The van der Waals surface area contributed by atoms with Gasteiger partial charge in [0, 0.05) is 4.47 Å². The maximum atomic E-state index is 11.1. The summed E-state index contributed by atoms with van der Waals surface area (Å²) in [5.74, 6) is -1.25. The molecule has 80 valence electrons. The van der Waals surface area contributed by atoms with Gasteiger partial charge in [-0.25, -0.2) is 0 Å². The Labute approximate surface area is 97.8 Å². The fourth-order valence-corrected chi connectivity index (χ4v) is 2.02. The highest BCUT2D eigenvalue weighted by Gasteiger charge is 2.20. The van der Waals surface area contributed by atoms with Gasteiger partial charge < -0.3 is 5.11 Å². The highest BCUT2D eigenvalue weighted by atomic mass is 79.9. The summed E-state index contributed by atoms with van der Waals surface area (Å²) < 4.78 is 0.849. The number of halogens is 1. The summed E-state index contributed by atoms with van der Waals surface area (Å²) in [6, 6.07) is 7.43. The van der Waals surface area contributed by atoms with E-state index in [-0.39, 0.29) is 0 Å². The molecule has 0 radical (unpaired) electrons. The lowest BCUT2D eigenvalue weighted by Gasteiger charge is -2.13. The van der Waals surface area contributed by atoms with Crippen LogP contribution in [-0.2, 0) is 4.79 Å². The van der Waals surface area contributed by atoms with Crippen molar-refractivity contribution in [1.29, 1.82) is 0 Å². The summed E-state index contributed by atoms with van der Waals surface area (Å²) in [7, 11) is 0. The average Bonchev–Trinajstić information content (AvgIpc) is 2.20. The van der Waals surface area contributed by atoms with Crippen LogP contribution in [0.25, 0.3) is 0 Å². The van der Waals surface area contributed by atoms with E-state index in [4.69, 9.17) is 5.11 Å². The van der Waals surface area contributed by atoms with Gasteiger partial charge in [-0.1, -0.05) is 40.2 Å². The smallest absolute Gasteiger partial charge is 0.311 e. The maximum Gasteiger partial charge on any atom is 0.311 e. The molecule has 2 nitrogen and oxygen atoms in total. The summed E-state index contributed by atoms with van der Waals surface area (Å²) in [5, 5.41) is 9.12. The van der Waals surface area contributed by atoms with E-state index in [9.17, 15) is 4.79 Å². The molecule has 0 heterocycles. The SMILES string of the molecule is C=CCCC(C(=O)O)c1ccccc1Br. The van der Waals surface area contributed by atoms with E-state index in [1.165, 1.54) is 0 Å². The first kappa shape index (κ1) is 12.0. The Balaban J connectivity index is 2.93. The van der Waals surface area contributed by atoms with Crippen molar-refractivity contribution in [2.24, 2.45) is 0 Å². The van der Waals surface area contributed by atoms with Crippen LogP contribution in [0.3, 0.4) is 0 Å². The van der Waals surface area contributed by atoms with Gasteiger partial charge in [0.1, 0.15) is 0 Å². The fraction of sp³-hybridized carbons (Fsp3) is 0.250. The van der Waals surface area contributed by atoms with Crippen LogP contribution < -0.4 is 0 Å². The van der Waals surface area contributed by atoms with Gasteiger partial charge in [-0.15, -0.1) is 6.58 Å². The highest BCUT2D eigenvalue weighted by Crippen LogP contribution is 2.28. The van der Waals surface area contributed by atoms with E-state index in [1.54, 1.807) is 6.08 Å². The zero-order valence-electron chi connectivity index (χ0n) is 8.32. The second kappa shape index (κ2) is 5.71. The Morgan fingerprint density at radius 2 is 2.20 bits per heavy atom. The van der Waals surface area contributed by atoms with Crippen LogP contribution in [0.5, 0.6) is 0 Å². The number of carbonyl (C=O) groups is 1. The quantitative estimate of drug-likeness (QED) is 0.829. The first-order valence-electron chi connectivity index (χ1n) is 4.75. The lowest BCUT2D eigenvalue weighted by Crippen LogP contribution is -2.11. The molecule has 0 aromatic heterocycles. The summed E-state index contributed by atoms with van der Waals surface area (Å²) >= 11 is 3.37. The summed E-state index contributed by atoms with van der Waals surface area (Å²) in [5.41, 5.74) is 0.826. The van der Waals surface area contributed by atoms with E-state index in [1.807, 2.05) is 24.3 Å². The molecule has 0 aliphatic rings. The predicted octanol–water partition coefficient (Wildman–Crippen LogP) is 3.58. The van der Waals surface area contributed by atoms with Crippen molar-refractivity contribution in [3.63, 3.8) is 0 Å². The Kier molecular flexibility index (Phi) is 4.56. The van der Waals surface area contributed by atoms with Gasteiger partial charge in [-0.05, 0) is 24.5 Å². The zero-order chi connectivity index (χ0) is 11.3. The van der Waals surface area contributed by atoms with E-state index in [0.717, 1.165) is 10.0 Å². The molecule has 1 aromatic carbocycles. The molecule has 1 atom stereocenters. The van der Waals surface area contributed by atoms with Crippen LogP contribution in [0.15, 0.2) is 41.4 Å². The molecule has 1 unspecified atom stereocenters. The number of allylic oxidation sites excluding steroid dienone is 1. The molecule has 3 heteroatoms. The third-order valence-corrected chi connectivity index (χ3v) is 2.96. The van der Waals surface area contributed by atoms with Gasteiger partial charge in [0.05, 0.1) is 5.92 Å². The van der Waals surface area contributed by atoms with Crippen molar-refractivity contribution in [2.75, 3.05) is 0 Å². The summed E-state index contributed by atoms with van der Waals surface area (Å²) in [6.45, 7) is 3.60. The van der Waals surface area contributed by atoms with E-state index >= 15 is 0 Å². The van der Waals surface area contributed by atoms with Gasteiger partial charge in [-0.3, -0.25) is 4.79 Å². The molecule has 0 saturated heterocycles. The number of rotatable bonds is 5. The molecule has 1 rings (SSSR count). The summed E-state index contributed by atoms with van der Waals surface area (Å²) in [4.78, 5) is 11.1. The Morgan fingerprint density at radius 3 is 2.73 bits per heavy atom. The number of hydrogen-bond acceptors (Lipinski definition) is 1. The van der Waals surface area contributed by atoms with Gasteiger partial charge in [-0.2, -0.15) is 0 Å². The van der Waals surface area contributed by atoms with Crippen LogP contribution in [0, 0.1) is 0 Å². The van der Waals surface area contributed by atoms with Gasteiger partial charge in [0.2, 0.25) is 0 Å². The van der Waals surface area contributed by atoms with Crippen molar-refractivity contribution in [3.05, 3.63) is 47.0 Å². The average molecular weight is 269 g/mol. The fourth-order valence-electron chi connectivity index (χ4n) is 1.45. The third kappa shape index (κ3) is 3.20. The number of hydrogen-bond donors (Lipinski definition) is 1. The molecule has 1 N–H and O–H groups in total. The Bertz CT molecular complexity index is 360. The molecule has 15 heavy (non-hydrogen) atoms. The van der Waals surface area contributed by atoms with Crippen molar-refractivity contribution in [2.45, 2.75) is 18.8 Å². The van der Waals surface area contributed by atoms with E-state index in [0.29, 0.717) is 12.8 Å². The molecule has 0 aliphatic carbocycles. The first-order chi connectivity index (χ1) is 7.16. The third-order valence-electron chi connectivity index (χ3n) is 2.24. The number of benzene rings is 1. The molecule has 0 fully saturated rings. The number of aliphatic carboxylic acids is 1. The van der Waals surface area contributed by atoms with Gasteiger partial charge >= 0.3 is 5.97 Å². The van der Waals surface area contributed by atoms with Crippen LogP contribution >= 0.6 is 15.9 Å². The maximum absolute atomic E-state index is 11.1. The predicted molar refractivity (Wildman–Crippen MR) is 63.9 cm³/mol. The first-order valence-corrected chi connectivity index (χ1v) is 5.54. The minimum Gasteiger partial charge on any atom is -0.481 e. The van der Waals surface area contributed by atoms with E-state index < -0.39 is 11.9 Å². The monoisotopic (exact) mass is 268 g/mol. The second-order valence-corrected chi connectivity index (χ2v) is 4.13. The van der Waals surface area contributed by atoms with Crippen molar-refractivity contribution >= 4 is 21.9 Å². The lowest BCUT2D eigenvalue weighted by atomic mass is 9.94. The second-order valence-electron chi connectivity index (χ2n) is 3.28. The lowest BCUT2D eigenvalue weighted by molar-refractivity contribution is -0.138. The highest BCUT2D eigenvalue weighted by molar-refractivity contribution is 9.10. The molecule has 1 aromatic rings. The van der Waals surface area contributed by atoms with Crippen LogP contribution in [0.2, 0.25) is 0 Å². The number of carboxylic acids is 1. The summed E-state index contributed by atoms with van der Waals surface area (Å²) in [6.07, 6.45) is 3.03. The molecule has 0 spiro atoms. The van der Waals surface area contributed by atoms with Crippen LogP contribution in [0.4, 0.5) is 0 Å². The largest absolute Gasteiger partial charge is 0.481 e. The zero-order valence-corrected chi connectivity index (χ0v) is 9.90. The molecule has 0 aliphatic heterocycles. The molecule has 0 amide bonds. The molecule has 0 saturated carbocycles. The van der Waals surface area contributed by atoms with Crippen LogP contribution in [0.1, 0.15) is 24.3 Å². The molecular weight excluding hydrogens is 256 g/mol.